The third kappa shape index (κ3) is 3.85. The van der Waals surface area contributed by atoms with Crippen molar-refractivity contribution < 1.29 is 19.4 Å². The molecule has 0 aliphatic rings. The van der Waals surface area contributed by atoms with Crippen molar-refractivity contribution in [2.45, 2.75) is 38.3 Å². The van der Waals surface area contributed by atoms with E-state index in [4.69, 9.17) is 21.3 Å². The summed E-state index contributed by atoms with van der Waals surface area (Å²) < 4.78 is 4.92. The summed E-state index contributed by atoms with van der Waals surface area (Å²) in [7, 11) is 0. The summed E-state index contributed by atoms with van der Waals surface area (Å²) >= 11 is 0. The highest BCUT2D eigenvalue weighted by Crippen LogP contribution is 2.15. The number of nitrogens with two attached hydrogens (primary N) is 2. The van der Waals surface area contributed by atoms with Crippen molar-refractivity contribution in [3.63, 3.8) is 0 Å². The molecule has 0 bridgehead atoms. The number of aliphatic carboxylic acids is 1. The van der Waals surface area contributed by atoms with E-state index in [1.807, 2.05) is 0 Å². The Balaban J connectivity index is 4.79. The van der Waals surface area contributed by atoms with Crippen LogP contribution < -0.4 is 11.5 Å². The van der Waals surface area contributed by atoms with Gasteiger partial charge in [-0.05, 0) is 33.7 Å². The molecule has 0 aliphatic carbocycles. The van der Waals surface area contributed by atoms with E-state index in [1.54, 1.807) is 20.8 Å². The number of rotatable bonds is 4. The Morgan fingerprint density at radius 2 is 1.80 bits per heavy atom. The van der Waals surface area contributed by atoms with Gasteiger partial charge in [-0.25, -0.2) is 9.59 Å². The van der Waals surface area contributed by atoms with E-state index >= 15 is 0 Å². The molecule has 0 aromatic heterocycles. The van der Waals surface area contributed by atoms with Gasteiger partial charge in [0, 0.05) is 0 Å². The highest BCUT2D eigenvalue weighted by molar-refractivity contribution is 6.03. The minimum Gasteiger partial charge on any atom is -0.479 e. The van der Waals surface area contributed by atoms with Gasteiger partial charge in [0.25, 0.3) is 0 Å². The van der Waals surface area contributed by atoms with Crippen molar-refractivity contribution in [2.24, 2.45) is 11.5 Å². The summed E-state index contributed by atoms with van der Waals surface area (Å²) in [5.41, 5.74) is 7.83. The molecule has 1 unspecified atom stereocenters. The maximum atomic E-state index is 11.5. The zero-order valence-corrected chi connectivity index (χ0v) is 9.24. The van der Waals surface area contributed by atoms with Gasteiger partial charge < -0.3 is 21.3 Å². The molecule has 0 spiro atoms. The molecule has 0 aromatic rings. The van der Waals surface area contributed by atoms with Crippen LogP contribution in [0.4, 0.5) is 0 Å². The van der Waals surface area contributed by atoms with Crippen LogP contribution in [0.15, 0.2) is 0 Å². The molecule has 5 N–H and O–H groups in total. The van der Waals surface area contributed by atoms with Gasteiger partial charge in [-0.1, -0.05) is 0 Å². The first-order valence-corrected chi connectivity index (χ1v) is 4.59. The number of carbonyl (C=O) groups excluding carboxylic acids is 1. The van der Waals surface area contributed by atoms with Gasteiger partial charge in [0.2, 0.25) is 5.54 Å². The van der Waals surface area contributed by atoms with Gasteiger partial charge in [0.15, 0.2) is 0 Å². The van der Waals surface area contributed by atoms with Crippen LogP contribution >= 0.6 is 0 Å². The molecule has 0 radical (unpaired) electrons. The number of carboxylic acid groups (broad SMARTS) is 1. The summed E-state index contributed by atoms with van der Waals surface area (Å²) in [5, 5.41) is 8.85. The first-order valence-electron chi connectivity index (χ1n) is 4.59. The van der Waals surface area contributed by atoms with Crippen LogP contribution in [0.2, 0.25) is 0 Å². The van der Waals surface area contributed by atoms with Gasteiger partial charge in [0.05, 0.1) is 0 Å². The quantitative estimate of drug-likeness (QED) is 0.431. The third-order valence-corrected chi connectivity index (χ3v) is 1.68. The van der Waals surface area contributed by atoms with Crippen LogP contribution in [0.3, 0.4) is 0 Å². The lowest BCUT2D eigenvalue weighted by Gasteiger charge is -2.27. The molecule has 6 heteroatoms. The fourth-order valence-electron chi connectivity index (χ4n) is 0.893. The smallest absolute Gasteiger partial charge is 0.338 e. The second kappa shape index (κ2) is 4.59. The molecule has 0 rings (SSSR count). The number of carboxylic acids is 1. The van der Waals surface area contributed by atoms with E-state index in [-0.39, 0.29) is 13.0 Å². The lowest BCUT2D eigenvalue weighted by atomic mass is 9.96. The zero-order chi connectivity index (χ0) is 12.3. The van der Waals surface area contributed by atoms with Crippen molar-refractivity contribution in [3.8, 4) is 0 Å². The lowest BCUT2D eigenvalue weighted by molar-refractivity contribution is -0.169. The van der Waals surface area contributed by atoms with E-state index in [2.05, 4.69) is 0 Å². The normalized spacial score (nSPS) is 15.5. The Labute approximate surface area is 88.6 Å². The standard InChI is InChI=1S/C9H18N2O4/c1-8(2,3)15-7(14)9(11,4-5-10)6(12)13/h4-5,10-11H2,1-3H3,(H,12,13). The van der Waals surface area contributed by atoms with E-state index in [0.717, 1.165) is 0 Å². The fraction of sp³-hybridized carbons (Fsp3) is 0.778. The zero-order valence-electron chi connectivity index (χ0n) is 9.24. The Morgan fingerprint density at radius 1 is 1.33 bits per heavy atom. The number of hydrogen-bond donors (Lipinski definition) is 3. The maximum Gasteiger partial charge on any atom is 0.338 e. The minimum atomic E-state index is -2.05. The van der Waals surface area contributed by atoms with Crippen LogP contribution in [-0.4, -0.2) is 34.7 Å². The van der Waals surface area contributed by atoms with Crippen LogP contribution in [-0.2, 0) is 14.3 Å². The molecule has 0 amide bonds. The topological polar surface area (TPSA) is 116 Å². The fourth-order valence-corrected chi connectivity index (χ4v) is 0.893. The summed E-state index contributed by atoms with van der Waals surface area (Å²) in [6.45, 7) is 4.91. The minimum absolute atomic E-state index is 0.00203. The predicted octanol–water partition coefficient (Wildman–Crippen LogP) is -0.541. The average molecular weight is 218 g/mol. The monoisotopic (exact) mass is 218 g/mol. The largest absolute Gasteiger partial charge is 0.479 e. The SMILES string of the molecule is CC(C)(C)OC(=O)C(N)(CCN)C(=O)O. The van der Waals surface area contributed by atoms with Crippen molar-refractivity contribution >= 4 is 11.9 Å². The summed E-state index contributed by atoms with van der Waals surface area (Å²) in [5.74, 6) is -2.39. The van der Waals surface area contributed by atoms with Crippen molar-refractivity contribution in [1.82, 2.24) is 0 Å². The van der Waals surface area contributed by atoms with E-state index in [9.17, 15) is 9.59 Å². The summed E-state index contributed by atoms with van der Waals surface area (Å²) in [6, 6.07) is 0. The molecule has 15 heavy (non-hydrogen) atoms. The average Bonchev–Trinajstić information content (AvgIpc) is 2.00. The van der Waals surface area contributed by atoms with E-state index in [1.165, 1.54) is 0 Å². The van der Waals surface area contributed by atoms with Crippen LogP contribution in [0, 0.1) is 0 Å². The highest BCUT2D eigenvalue weighted by atomic mass is 16.6. The van der Waals surface area contributed by atoms with Crippen LogP contribution in [0.5, 0.6) is 0 Å². The number of esters is 1. The van der Waals surface area contributed by atoms with Crippen molar-refractivity contribution in [2.75, 3.05) is 6.54 Å². The second-order valence-electron chi connectivity index (χ2n) is 4.32. The number of ether oxygens (including phenoxy) is 1. The highest BCUT2D eigenvalue weighted by Gasteiger charge is 2.44. The maximum absolute atomic E-state index is 11.5. The number of carbonyl (C=O) groups is 2. The molecular formula is C9H18N2O4. The molecule has 0 saturated heterocycles. The summed E-state index contributed by atoms with van der Waals surface area (Å²) in [4.78, 5) is 22.4. The number of hydrogen-bond acceptors (Lipinski definition) is 5. The van der Waals surface area contributed by atoms with E-state index < -0.39 is 23.1 Å². The van der Waals surface area contributed by atoms with Gasteiger partial charge in [-0.3, -0.25) is 0 Å². The van der Waals surface area contributed by atoms with Crippen LogP contribution in [0.1, 0.15) is 27.2 Å². The molecule has 0 saturated carbocycles. The molecular weight excluding hydrogens is 200 g/mol. The molecule has 0 aliphatic heterocycles. The summed E-state index contributed by atoms with van der Waals surface area (Å²) in [6.07, 6.45) is -0.156. The van der Waals surface area contributed by atoms with Crippen molar-refractivity contribution in [1.29, 1.82) is 0 Å². The van der Waals surface area contributed by atoms with Gasteiger partial charge in [-0.2, -0.15) is 0 Å². The molecule has 6 nitrogen and oxygen atoms in total. The van der Waals surface area contributed by atoms with Crippen LogP contribution in [0.25, 0.3) is 0 Å². The molecule has 0 aromatic carbocycles. The van der Waals surface area contributed by atoms with E-state index in [0.29, 0.717) is 0 Å². The third-order valence-electron chi connectivity index (χ3n) is 1.68. The first-order chi connectivity index (χ1) is 6.63. The first kappa shape index (κ1) is 13.9. The molecule has 0 fully saturated rings. The Hall–Kier alpha value is -1.14. The molecule has 88 valence electrons. The van der Waals surface area contributed by atoms with Gasteiger partial charge >= 0.3 is 11.9 Å². The lowest BCUT2D eigenvalue weighted by Crippen LogP contribution is -2.58. The predicted molar refractivity (Wildman–Crippen MR) is 54.1 cm³/mol. The Morgan fingerprint density at radius 3 is 2.07 bits per heavy atom. The van der Waals surface area contributed by atoms with Crippen molar-refractivity contribution in [3.05, 3.63) is 0 Å². The van der Waals surface area contributed by atoms with Gasteiger partial charge in [0.1, 0.15) is 5.60 Å². The molecule has 1 atom stereocenters. The van der Waals surface area contributed by atoms with Gasteiger partial charge in [-0.15, -0.1) is 0 Å². The second-order valence-corrected chi connectivity index (χ2v) is 4.32. The Kier molecular flexibility index (Phi) is 4.24. The Bertz CT molecular complexity index is 259. The molecule has 0 heterocycles.